The van der Waals surface area contributed by atoms with Gasteiger partial charge in [0.2, 0.25) is 0 Å². The Bertz CT molecular complexity index is 1030. The zero-order valence-corrected chi connectivity index (χ0v) is 34.2. The molecule has 2 N–H and O–H groups in total. The Labute approximate surface area is 299 Å². The van der Waals surface area contributed by atoms with Crippen LogP contribution in [-0.4, -0.2) is 61.2 Å². The molecule has 1 aromatic rings. The molecule has 1 saturated heterocycles. The van der Waals surface area contributed by atoms with Crippen LogP contribution >= 0.6 is 0 Å². The van der Waals surface area contributed by atoms with Gasteiger partial charge in [0.05, 0.1) is 6.54 Å². The van der Waals surface area contributed by atoms with Gasteiger partial charge in [-0.25, -0.2) is 0 Å². The highest BCUT2D eigenvalue weighted by Gasteiger charge is 2.29. The fraction of sp³-hybridized carbons (Fsp3) is 0.721. The molecule has 2 fully saturated rings. The lowest BCUT2D eigenvalue weighted by atomic mass is 10.0. The number of nitrogens with zero attached hydrogens (tertiary/aromatic N) is 3. The lowest BCUT2D eigenvalue weighted by Crippen LogP contribution is -2.48. The predicted octanol–water partition coefficient (Wildman–Crippen LogP) is 11.4. The molecule has 2 atom stereocenters. The van der Waals surface area contributed by atoms with Crippen LogP contribution < -0.4 is 5.73 Å². The number of piperidine rings is 1. The number of likely N-dealkylation sites (N-methyl/N-ethyl adjacent to an activating group) is 1. The molecule has 1 aromatic carbocycles. The highest BCUT2D eigenvalue weighted by Crippen LogP contribution is 2.25. The van der Waals surface area contributed by atoms with Crippen molar-refractivity contribution in [2.75, 3.05) is 33.7 Å². The number of aryl methyl sites for hydroxylation is 2. The number of aliphatic imine (C=N–C) groups is 1. The highest BCUT2D eigenvalue weighted by molar-refractivity contribution is 6.09. The maximum absolute atomic E-state index is 12.8. The maximum Gasteiger partial charge on any atom is 0.270 e. The first-order chi connectivity index (χ1) is 22.7. The number of rotatable bonds is 10. The zero-order valence-electron chi connectivity index (χ0n) is 34.2. The first-order valence-corrected chi connectivity index (χ1v) is 19.4. The number of benzene rings is 1. The van der Waals surface area contributed by atoms with Crippen LogP contribution in [0.25, 0.3) is 0 Å². The molecule has 1 aliphatic heterocycles. The summed E-state index contributed by atoms with van der Waals surface area (Å²) in [6, 6.07) is 6.80. The third-order valence-electron chi connectivity index (χ3n) is 9.32. The fourth-order valence-corrected chi connectivity index (χ4v) is 4.94. The van der Waals surface area contributed by atoms with Gasteiger partial charge in [0.25, 0.3) is 5.91 Å². The van der Waals surface area contributed by atoms with Gasteiger partial charge in [-0.1, -0.05) is 130 Å². The zero-order chi connectivity index (χ0) is 37.1. The van der Waals surface area contributed by atoms with Gasteiger partial charge >= 0.3 is 0 Å². The summed E-state index contributed by atoms with van der Waals surface area (Å²) in [6.07, 6.45) is 15.8. The number of allylic oxidation sites excluding steroid dienone is 1. The number of likely N-dealkylation sites (tertiary alicyclic amines) is 1. The molecule has 2 unspecified atom stereocenters. The first-order valence-electron chi connectivity index (χ1n) is 19.4. The summed E-state index contributed by atoms with van der Waals surface area (Å²) in [5.41, 5.74) is 13.8. The average Bonchev–Trinajstić information content (AvgIpc) is 3.57. The number of nitrogens with two attached hydrogens (primary N) is 1. The molecule has 1 saturated carbocycles. The molecule has 48 heavy (non-hydrogen) atoms. The Morgan fingerprint density at radius 1 is 0.958 bits per heavy atom. The second kappa shape index (κ2) is 29.5. The number of unbranched alkanes of at least 4 members (excludes halogenated alkanes) is 3. The van der Waals surface area contributed by atoms with Crippen molar-refractivity contribution in [3.63, 3.8) is 0 Å². The van der Waals surface area contributed by atoms with Crippen LogP contribution in [0, 0.1) is 26.7 Å². The van der Waals surface area contributed by atoms with Crippen LogP contribution in [0.3, 0.4) is 0 Å². The van der Waals surface area contributed by atoms with Crippen molar-refractivity contribution >= 4 is 11.6 Å². The van der Waals surface area contributed by atoms with Gasteiger partial charge < -0.3 is 15.5 Å². The normalized spacial score (nSPS) is 17.8. The van der Waals surface area contributed by atoms with Crippen molar-refractivity contribution in [3.8, 4) is 0 Å². The minimum atomic E-state index is -0.0172. The standard InChI is InChI=1S/C18H30N4O.C9H12.C8H18.2C4H10/c1-13(2)11-20-16-9-5-8-15(16)17(19)18(23)22-10-6-7-14(12-22)21(3)4;1-7-5-4-6-8(2)9(7)3;1-4-6-7-8(3)5-2;2*1-3-4-2/h14H,1,5-12,19H2,2-4H3;4-6H,1-3H3;8H,4-7H2,1-3H3;2*3-4H2,1-2H3/b17-15-,20-16?;;;;. The van der Waals surface area contributed by atoms with Crippen molar-refractivity contribution in [2.24, 2.45) is 16.6 Å². The summed E-state index contributed by atoms with van der Waals surface area (Å²) in [6.45, 7) is 30.0. The van der Waals surface area contributed by atoms with Crippen molar-refractivity contribution < 1.29 is 4.79 Å². The predicted molar refractivity (Wildman–Crippen MR) is 216 cm³/mol. The van der Waals surface area contributed by atoms with Gasteiger partial charge in [-0.15, -0.1) is 0 Å². The first kappa shape index (κ1) is 47.7. The van der Waals surface area contributed by atoms with E-state index in [1.165, 1.54) is 68.1 Å². The van der Waals surface area contributed by atoms with Crippen LogP contribution in [-0.2, 0) is 4.79 Å². The monoisotopic (exact) mass is 669 g/mol. The van der Waals surface area contributed by atoms with E-state index in [9.17, 15) is 4.79 Å². The molecule has 0 spiro atoms. The van der Waals surface area contributed by atoms with Crippen molar-refractivity contribution in [1.29, 1.82) is 0 Å². The SMILES string of the molecule is C=C(C)CN=C1CCC/C1=C(/N)C(=O)N1CCCC(N(C)C)C1.CCCC.CCCC.CCCCC(C)CC.Cc1cccc(C)c1C. The van der Waals surface area contributed by atoms with E-state index in [0.717, 1.165) is 68.0 Å². The summed E-state index contributed by atoms with van der Waals surface area (Å²) >= 11 is 0. The quantitative estimate of drug-likeness (QED) is 0.199. The van der Waals surface area contributed by atoms with E-state index in [0.29, 0.717) is 18.3 Å². The molecule has 278 valence electrons. The Morgan fingerprint density at radius 2 is 1.52 bits per heavy atom. The third-order valence-corrected chi connectivity index (χ3v) is 9.32. The fourth-order valence-electron chi connectivity index (χ4n) is 4.94. The number of hydrogen-bond acceptors (Lipinski definition) is 4. The molecule has 0 bridgehead atoms. The lowest BCUT2D eigenvalue weighted by Gasteiger charge is -2.36. The molecule has 3 rings (SSSR count). The van der Waals surface area contributed by atoms with Gasteiger partial charge in [-0.2, -0.15) is 0 Å². The van der Waals surface area contributed by atoms with E-state index < -0.39 is 0 Å². The number of carbonyl (C=O) groups is 1. The molecule has 0 radical (unpaired) electrons. The molecular formula is C43H80N4O. The molecule has 1 aliphatic carbocycles. The van der Waals surface area contributed by atoms with E-state index in [1.54, 1.807) is 0 Å². The Kier molecular flexibility index (Phi) is 29.3. The molecule has 5 heteroatoms. The molecule has 1 amide bonds. The molecule has 0 aromatic heterocycles. The van der Waals surface area contributed by atoms with Gasteiger partial charge in [-0.05, 0) is 96.5 Å². The smallest absolute Gasteiger partial charge is 0.270 e. The van der Waals surface area contributed by atoms with Crippen LogP contribution in [0.15, 0.2) is 46.6 Å². The summed E-state index contributed by atoms with van der Waals surface area (Å²) in [7, 11) is 4.14. The minimum absolute atomic E-state index is 0.0172. The van der Waals surface area contributed by atoms with Gasteiger partial charge in [-0.3, -0.25) is 9.79 Å². The van der Waals surface area contributed by atoms with E-state index >= 15 is 0 Å². The minimum Gasteiger partial charge on any atom is -0.394 e. The second-order valence-electron chi connectivity index (χ2n) is 14.1. The van der Waals surface area contributed by atoms with Gasteiger partial charge in [0.15, 0.2) is 0 Å². The number of amides is 1. The van der Waals surface area contributed by atoms with E-state index in [4.69, 9.17) is 5.73 Å². The molecule has 5 nitrogen and oxygen atoms in total. The highest BCUT2D eigenvalue weighted by atomic mass is 16.2. The maximum atomic E-state index is 12.8. The Morgan fingerprint density at radius 3 is 1.96 bits per heavy atom. The Balaban J connectivity index is 0. The molecular weight excluding hydrogens is 589 g/mol. The second-order valence-corrected chi connectivity index (χ2v) is 14.1. The third kappa shape index (κ3) is 21.5. The molecule has 2 aliphatic rings. The topological polar surface area (TPSA) is 61.9 Å². The van der Waals surface area contributed by atoms with Crippen LogP contribution in [0.1, 0.15) is 156 Å². The van der Waals surface area contributed by atoms with Gasteiger partial charge in [0.1, 0.15) is 5.70 Å². The van der Waals surface area contributed by atoms with E-state index in [-0.39, 0.29) is 5.91 Å². The van der Waals surface area contributed by atoms with Crippen LogP contribution in [0.5, 0.6) is 0 Å². The molecule has 1 heterocycles. The summed E-state index contributed by atoms with van der Waals surface area (Å²) in [4.78, 5) is 21.5. The summed E-state index contributed by atoms with van der Waals surface area (Å²) in [5, 5.41) is 0. The number of carbonyl (C=O) groups excluding carboxylic acids is 1. The van der Waals surface area contributed by atoms with Gasteiger partial charge in [0, 0.05) is 30.4 Å². The lowest BCUT2D eigenvalue weighted by molar-refractivity contribution is -0.129. The van der Waals surface area contributed by atoms with Crippen molar-refractivity contribution in [3.05, 3.63) is 58.3 Å². The van der Waals surface area contributed by atoms with Crippen LogP contribution in [0.4, 0.5) is 0 Å². The summed E-state index contributed by atoms with van der Waals surface area (Å²) in [5.74, 6) is 0.937. The van der Waals surface area contributed by atoms with Crippen LogP contribution in [0.2, 0.25) is 0 Å². The average molecular weight is 669 g/mol. The number of hydrogen-bond donors (Lipinski definition) is 1. The van der Waals surface area contributed by atoms with Crippen molar-refractivity contribution in [1.82, 2.24) is 9.80 Å². The largest absolute Gasteiger partial charge is 0.394 e. The Hall–Kier alpha value is -2.40. The van der Waals surface area contributed by atoms with E-state index in [2.05, 4.69) is 118 Å². The van der Waals surface area contributed by atoms with Crippen molar-refractivity contribution in [2.45, 2.75) is 166 Å². The summed E-state index contributed by atoms with van der Waals surface area (Å²) < 4.78 is 0. The van der Waals surface area contributed by atoms with E-state index in [1.807, 2.05) is 11.8 Å².